The molecule has 62 heavy (non-hydrogen) atoms. The van der Waals surface area contributed by atoms with E-state index in [2.05, 4.69) is 109 Å². The first-order chi connectivity index (χ1) is 30.7. The largest absolute Gasteiger partial charge is 0.455 e. The van der Waals surface area contributed by atoms with Crippen LogP contribution in [0.3, 0.4) is 0 Å². The first kappa shape index (κ1) is 36.0. The van der Waals surface area contributed by atoms with Crippen molar-refractivity contribution in [3.63, 3.8) is 0 Å². The van der Waals surface area contributed by atoms with Crippen LogP contribution in [0.2, 0.25) is 0 Å². The highest BCUT2D eigenvalue weighted by atomic mass is 32.1. The monoisotopic (exact) mass is 814 g/mol. The van der Waals surface area contributed by atoms with Gasteiger partial charge in [0.25, 0.3) is 0 Å². The molecule has 0 fully saturated rings. The van der Waals surface area contributed by atoms with Gasteiger partial charge < -0.3 is 4.42 Å². The summed E-state index contributed by atoms with van der Waals surface area (Å²) >= 11 is 1.79. The first-order valence-corrected chi connectivity index (χ1v) is 21.5. The third kappa shape index (κ3) is 6.28. The fraction of sp³-hybridized carbons (Fsp3) is 0.0370. The number of hydrogen-bond acceptors (Lipinski definition) is 8. The quantitative estimate of drug-likeness (QED) is 0.158. The summed E-state index contributed by atoms with van der Waals surface area (Å²) in [5, 5.41) is 4.40. The zero-order valence-corrected chi connectivity index (χ0v) is 34.0. The van der Waals surface area contributed by atoms with Crippen molar-refractivity contribution < 1.29 is 4.42 Å². The van der Waals surface area contributed by atoms with Gasteiger partial charge in [0.05, 0.1) is 5.56 Å². The number of aromatic nitrogens is 6. The SMILES string of the molecule is C1=CCC(c2nc(-c3ccccc3)nc(-c3cccc4sc5c(-c6ccc(-c7nc(-c8ccccc8)nc(-c8cccc9c8oc8ccccc89)n7)cc6)cccc5c34)n2)C=C1. The molecule has 8 heteroatoms. The molecule has 0 amide bonds. The summed E-state index contributed by atoms with van der Waals surface area (Å²) in [6.07, 6.45) is 9.36. The van der Waals surface area contributed by atoms with Gasteiger partial charge in [0, 0.05) is 59.1 Å². The lowest BCUT2D eigenvalue weighted by atomic mass is 9.98. The Balaban J connectivity index is 0.958. The van der Waals surface area contributed by atoms with Crippen LogP contribution in [0.15, 0.2) is 193 Å². The molecule has 4 aromatic heterocycles. The van der Waals surface area contributed by atoms with Crippen LogP contribution in [0, 0.1) is 0 Å². The molecular weight excluding hydrogens is 781 g/mol. The topological polar surface area (TPSA) is 90.5 Å². The maximum atomic E-state index is 6.42. The third-order valence-electron chi connectivity index (χ3n) is 11.5. The molecule has 0 N–H and O–H groups in total. The summed E-state index contributed by atoms with van der Waals surface area (Å²) in [7, 11) is 0. The summed E-state index contributed by atoms with van der Waals surface area (Å²) in [6.45, 7) is 0. The molecule has 1 atom stereocenters. The van der Waals surface area contributed by atoms with Crippen LogP contribution in [0.25, 0.3) is 110 Å². The number of fused-ring (bicyclic) bond motifs is 6. The Hall–Kier alpha value is -7.94. The van der Waals surface area contributed by atoms with Gasteiger partial charge in [-0.15, -0.1) is 11.3 Å². The smallest absolute Gasteiger partial charge is 0.167 e. The molecule has 0 saturated heterocycles. The van der Waals surface area contributed by atoms with E-state index in [0.717, 1.165) is 78.5 Å². The number of rotatable bonds is 7. The summed E-state index contributed by atoms with van der Waals surface area (Å²) < 4.78 is 8.80. The van der Waals surface area contributed by atoms with Gasteiger partial charge in [-0.25, -0.2) is 29.9 Å². The zero-order chi connectivity index (χ0) is 41.0. The lowest BCUT2D eigenvalue weighted by Gasteiger charge is -2.14. The molecule has 12 rings (SSSR count). The minimum Gasteiger partial charge on any atom is -0.455 e. The Morgan fingerprint density at radius 3 is 1.74 bits per heavy atom. The standard InChI is InChI=1S/C54H34N6OS/c1-4-15-34(16-5-1)49-55-50(35-17-6-2-7-18-35)58-53(57-49)42-25-14-28-45-46(42)41-24-12-22-38(48(41)62-45)33-29-31-37(32-30-33)52-56-51(36-19-8-3-9-20-36)59-54(60-52)43-26-13-23-40-39-21-10-11-27-44(39)61-47(40)43/h1-17,19-32,35H,18H2. The Labute approximate surface area is 360 Å². The Kier molecular flexibility index (Phi) is 8.67. The van der Waals surface area contributed by atoms with Gasteiger partial charge in [-0.1, -0.05) is 170 Å². The molecule has 4 heterocycles. The summed E-state index contributed by atoms with van der Waals surface area (Å²) in [5.74, 6) is 3.96. The lowest BCUT2D eigenvalue weighted by molar-refractivity contribution is 0.669. The highest BCUT2D eigenvalue weighted by Gasteiger charge is 2.22. The number of para-hydroxylation sites is 2. The Morgan fingerprint density at radius 2 is 1.00 bits per heavy atom. The average molecular weight is 815 g/mol. The minimum absolute atomic E-state index is 0.0807. The molecule has 1 aliphatic rings. The van der Waals surface area contributed by atoms with E-state index < -0.39 is 0 Å². The summed E-state index contributed by atoms with van der Waals surface area (Å²) in [6, 6.07) is 56.0. The zero-order valence-electron chi connectivity index (χ0n) is 33.2. The van der Waals surface area contributed by atoms with Crippen LogP contribution in [0.4, 0.5) is 0 Å². The first-order valence-electron chi connectivity index (χ1n) is 20.6. The van der Waals surface area contributed by atoms with E-state index in [1.807, 2.05) is 78.9 Å². The fourth-order valence-electron chi connectivity index (χ4n) is 8.49. The predicted octanol–water partition coefficient (Wildman–Crippen LogP) is 13.9. The van der Waals surface area contributed by atoms with Gasteiger partial charge in [0.15, 0.2) is 29.1 Å². The summed E-state index contributed by atoms with van der Waals surface area (Å²) in [4.78, 5) is 30.4. The van der Waals surface area contributed by atoms with Crippen LogP contribution >= 0.6 is 11.3 Å². The fourth-order valence-corrected chi connectivity index (χ4v) is 9.76. The van der Waals surface area contributed by atoms with Gasteiger partial charge in [0.2, 0.25) is 0 Å². The molecule has 11 aromatic rings. The molecule has 0 saturated carbocycles. The predicted molar refractivity (Wildman–Crippen MR) is 252 cm³/mol. The Bertz CT molecular complexity index is 3560. The number of allylic oxidation sites excluding steroid dienone is 4. The molecule has 7 nitrogen and oxygen atoms in total. The van der Waals surface area contributed by atoms with E-state index in [9.17, 15) is 0 Å². The van der Waals surface area contributed by atoms with Crippen LogP contribution < -0.4 is 0 Å². The molecular formula is C54H34N6OS. The number of hydrogen-bond donors (Lipinski definition) is 0. The molecule has 7 aromatic carbocycles. The molecule has 0 bridgehead atoms. The van der Waals surface area contributed by atoms with Crippen molar-refractivity contribution in [2.75, 3.05) is 0 Å². The number of furan rings is 1. The summed E-state index contributed by atoms with van der Waals surface area (Å²) in [5.41, 5.74) is 8.42. The van der Waals surface area contributed by atoms with Gasteiger partial charge in [-0.2, -0.15) is 0 Å². The second kappa shape index (κ2) is 15.0. The second-order valence-corrected chi connectivity index (χ2v) is 16.4. The minimum atomic E-state index is 0.0807. The van der Waals surface area contributed by atoms with Crippen LogP contribution in [0.1, 0.15) is 18.2 Å². The highest BCUT2D eigenvalue weighted by molar-refractivity contribution is 7.26. The number of nitrogens with zero attached hydrogens (tertiary/aromatic N) is 6. The van der Waals surface area contributed by atoms with Crippen molar-refractivity contribution in [3.05, 3.63) is 194 Å². The molecule has 1 aliphatic carbocycles. The van der Waals surface area contributed by atoms with Crippen molar-refractivity contribution in [2.24, 2.45) is 0 Å². The van der Waals surface area contributed by atoms with Gasteiger partial charge in [-0.05, 0) is 35.7 Å². The highest BCUT2D eigenvalue weighted by Crippen LogP contribution is 2.44. The lowest BCUT2D eigenvalue weighted by Crippen LogP contribution is -2.07. The average Bonchev–Trinajstić information content (AvgIpc) is 3.94. The van der Waals surface area contributed by atoms with Crippen molar-refractivity contribution in [3.8, 4) is 68.1 Å². The number of benzene rings is 7. The van der Waals surface area contributed by atoms with Gasteiger partial charge in [-0.3, -0.25) is 0 Å². The van der Waals surface area contributed by atoms with Gasteiger partial charge in [0.1, 0.15) is 17.0 Å². The van der Waals surface area contributed by atoms with Crippen molar-refractivity contribution in [2.45, 2.75) is 12.3 Å². The maximum absolute atomic E-state index is 6.42. The van der Waals surface area contributed by atoms with Gasteiger partial charge >= 0.3 is 0 Å². The van der Waals surface area contributed by atoms with Crippen molar-refractivity contribution >= 4 is 53.4 Å². The molecule has 0 aliphatic heterocycles. The van der Waals surface area contributed by atoms with Crippen molar-refractivity contribution in [1.82, 2.24) is 29.9 Å². The van der Waals surface area contributed by atoms with Crippen LogP contribution in [-0.4, -0.2) is 29.9 Å². The molecule has 0 spiro atoms. The Morgan fingerprint density at radius 1 is 0.435 bits per heavy atom. The molecule has 1 unspecified atom stereocenters. The van der Waals surface area contributed by atoms with Crippen LogP contribution in [0.5, 0.6) is 0 Å². The number of thiophene rings is 1. The molecule has 0 radical (unpaired) electrons. The van der Waals surface area contributed by atoms with E-state index >= 15 is 0 Å². The normalized spacial score (nSPS) is 13.8. The second-order valence-electron chi connectivity index (χ2n) is 15.4. The molecule has 292 valence electrons. The van der Waals surface area contributed by atoms with E-state index in [-0.39, 0.29) is 5.92 Å². The van der Waals surface area contributed by atoms with E-state index in [1.54, 1.807) is 11.3 Å². The van der Waals surface area contributed by atoms with E-state index in [1.165, 1.54) is 14.8 Å². The third-order valence-corrected chi connectivity index (χ3v) is 12.7. The van der Waals surface area contributed by atoms with Crippen molar-refractivity contribution in [1.29, 1.82) is 0 Å². The maximum Gasteiger partial charge on any atom is 0.167 e. The van der Waals surface area contributed by atoms with Crippen LogP contribution in [-0.2, 0) is 0 Å². The van der Waals surface area contributed by atoms with E-state index in [0.29, 0.717) is 29.1 Å². The van der Waals surface area contributed by atoms with E-state index in [4.69, 9.17) is 34.3 Å².